The molecule has 1 aliphatic rings. The number of aryl methyl sites for hydroxylation is 5. The molecule has 0 fully saturated rings. The van der Waals surface area contributed by atoms with Gasteiger partial charge in [-0.15, -0.1) is 0 Å². The number of nitrogens with zero attached hydrogens (tertiary/aromatic N) is 1. The van der Waals surface area contributed by atoms with Crippen LogP contribution in [0.1, 0.15) is 27.8 Å². The van der Waals surface area contributed by atoms with E-state index in [1.807, 2.05) is 50.2 Å². The summed E-state index contributed by atoms with van der Waals surface area (Å²) in [6, 6.07) is 15.8. The predicted octanol–water partition coefficient (Wildman–Crippen LogP) is 4.43. The Labute approximate surface area is 162 Å². The average molecular weight is 424 g/mol. The Morgan fingerprint density at radius 3 is 1.52 bits per heavy atom. The first-order valence-corrected chi connectivity index (χ1v) is 12.2. The van der Waals surface area contributed by atoms with Crippen LogP contribution in [0.2, 0.25) is 0 Å². The Hall–Kier alpha value is -2.42. The van der Waals surface area contributed by atoms with Crippen LogP contribution in [0.5, 0.6) is 0 Å². The summed E-state index contributed by atoms with van der Waals surface area (Å²) in [5.74, 6) is 0. The number of hydrogen-bond donors (Lipinski definition) is 0. The van der Waals surface area contributed by atoms with Crippen LogP contribution in [0.3, 0.4) is 0 Å². The summed E-state index contributed by atoms with van der Waals surface area (Å²) in [4.78, 5) is 2.12. The third kappa shape index (κ3) is 2.72. The number of rotatable bonds is 1. The van der Waals surface area contributed by atoms with Crippen LogP contribution in [-0.2, 0) is 7.67 Å². The molecule has 1 aliphatic heterocycles. The summed E-state index contributed by atoms with van der Waals surface area (Å²) in [5.41, 5.74) is 7.94. The molecule has 0 radical (unpaired) electrons. The SMILES string of the molecule is Cc1cc(C)c(N2c3ccc(C)cc3[Se](=O)(=O)c3cc(C)ccc32)c(C)c1. The fraction of sp³-hybridized carbons (Fsp3) is 0.217. The van der Waals surface area contributed by atoms with Crippen LogP contribution in [0.4, 0.5) is 17.1 Å². The molecule has 0 spiro atoms. The molecule has 0 unspecified atom stereocenters. The molecular formula is C23H23NO2Se. The van der Waals surface area contributed by atoms with E-state index in [0.717, 1.165) is 39.3 Å². The maximum absolute atomic E-state index is 13.4. The van der Waals surface area contributed by atoms with Gasteiger partial charge in [-0.3, -0.25) is 0 Å². The summed E-state index contributed by atoms with van der Waals surface area (Å²) in [6.07, 6.45) is 0. The van der Waals surface area contributed by atoms with Crippen molar-refractivity contribution in [2.75, 3.05) is 4.90 Å². The van der Waals surface area contributed by atoms with Crippen molar-refractivity contribution in [3.05, 3.63) is 76.3 Å². The summed E-state index contributed by atoms with van der Waals surface area (Å²) in [6.45, 7) is 10.1. The van der Waals surface area contributed by atoms with Gasteiger partial charge < -0.3 is 0 Å². The van der Waals surface area contributed by atoms with Crippen molar-refractivity contribution in [3.8, 4) is 0 Å². The first kappa shape index (κ1) is 18.0. The fourth-order valence-electron chi connectivity index (χ4n) is 4.06. The maximum atomic E-state index is 13.4. The van der Waals surface area contributed by atoms with Crippen molar-refractivity contribution in [2.45, 2.75) is 34.6 Å². The van der Waals surface area contributed by atoms with E-state index in [-0.39, 0.29) is 0 Å². The Morgan fingerprint density at radius 1 is 0.630 bits per heavy atom. The van der Waals surface area contributed by atoms with E-state index < -0.39 is 12.7 Å². The van der Waals surface area contributed by atoms with E-state index in [1.54, 1.807) is 0 Å². The van der Waals surface area contributed by atoms with E-state index in [9.17, 15) is 7.67 Å². The van der Waals surface area contributed by atoms with Crippen LogP contribution in [-0.4, -0.2) is 12.7 Å². The van der Waals surface area contributed by atoms with Crippen LogP contribution < -0.4 is 13.8 Å². The molecule has 138 valence electrons. The van der Waals surface area contributed by atoms with Gasteiger partial charge >= 0.3 is 162 Å². The molecule has 3 aromatic rings. The molecule has 1 heterocycles. The van der Waals surface area contributed by atoms with Gasteiger partial charge in [-0.2, -0.15) is 0 Å². The molecule has 0 bridgehead atoms. The van der Waals surface area contributed by atoms with E-state index >= 15 is 0 Å². The van der Waals surface area contributed by atoms with Gasteiger partial charge in [0.2, 0.25) is 0 Å². The first-order chi connectivity index (χ1) is 12.7. The number of anilines is 3. The molecule has 0 atom stereocenters. The van der Waals surface area contributed by atoms with Crippen LogP contribution in [0, 0.1) is 34.6 Å². The standard InChI is InChI=1S/C23H23NO2Se/c1-14-6-8-19-21(12-14)27(25,26)22-13-15(2)7-9-20(22)24(19)23-17(4)10-16(3)11-18(23)5/h6-13H,1-5H3. The van der Waals surface area contributed by atoms with Gasteiger partial charge in [0.15, 0.2) is 0 Å². The molecule has 0 amide bonds. The fourth-order valence-corrected chi connectivity index (χ4v) is 7.81. The second-order valence-electron chi connectivity index (χ2n) is 7.53. The van der Waals surface area contributed by atoms with Gasteiger partial charge in [0.05, 0.1) is 0 Å². The number of benzene rings is 3. The van der Waals surface area contributed by atoms with Crippen LogP contribution >= 0.6 is 0 Å². The molecule has 0 saturated heterocycles. The van der Waals surface area contributed by atoms with Gasteiger partial charge in [0, 0.05) is 0 Å². The number of fused-ring (bicyclic) bond motifs is 2. The Morgan fingerprint density at radius 2 is 1.07 bits per heavy atom. The second kappa shape index (κ2) is 6.05. The zero-order valence-electron chi connectivity index (χ0n) is 16.3. The number of hydrogen-bond acceptors (Lipinski definition) is 3. The predicted molar refractivity (Wildman–Crippen MR) is 111 cm³/mol. The molecule has 4 heteroatoms. The van der Waals surface area contributed by atoms with Crippen molar-refractivity contribution >= 4 is 38.7 Å². The van der Waals surface area contributed by atoms with Gasteiger partial charge in [-0.25, -0.2) is 0 Å². The Kier molecular flexibility index (Phi) is 4.03. The third-order valence-electron chi connectivity index (χ3n) is 5.15. The quantitative estimate of drug-likeness (QED) is 0.425. The van der Waals surface area contributed by atoms with E-state index in [0.29, 0.717) is 8.92 Å². The summed E-state index contributed by atoms with van der Waals surface area (Å²) >= 11 is -4.47. The third-order valence-corrected chi connectivity index (χ3v) is 8.95. The molecule has 3 aromatic carbocycles. The summed E-state index contributed by atoms with van der Waals surface area (Å²) in [7, 11) is 0. The minimum absolute atomic E-state index is 0.448. The summed E-state index contributed by atoms with van der Waals surface area (Å²) < 4.78 is 27.8. The van der Waals surface area contributed by atoms with Gasteiger partial charge in [0.25, 0.3) is 0 Å². The second-order valence-corrected chi connectivity index (χ2v) is 11.5. The molecule has 0 saturated carbocycles. The zero-order chi connectivity index (χ0) is 19.5. The van der Waals surface area contributed by atoms with E-state index in [1.165, 1.54) is 5.56 Å². The van der Waals surface area contributed by atoms with Gasteiger partial charge in [0.1, 0.15) is 0 Å². The Bertz CT molecular complexity index is 1110. The van der Waals surface area contributed by atoms with Crippen LogP contribution in [0.15, 0.2) is 48.5 Å². The van der Waals surface area contributed by atoms with Gasteiger partial charge in [-0.1, -0.05) is 0 Å². The van der Waals surface area contributed by atoms with Crippen molar-refractivity contribution in [1.29, 1.82) is 0 Å². The van der Waals surface area contributed by atoms with Gasteiger partial charge in [-0.05, 0) is 0 Å². The molecule has 0 N–H and O–H groups in total. The first-order valence-electron chi connectivity index (χ1n) is 9.04. The van der Waals surface area contributed by atoms with Crippen molar-refractivity contribution in [1.82, 2.24) is 0 Å². The average Bonchev–Trinajstić information content (AvgIpc) is 2.58. The van der Waals surface area contributed by atoms with Crippen LogP contribution in [0.25, 0.3) is 0 Å². The molecule has 3 nitrogen and oxygen atoms in total. The molecule has 27 heavy (non-hydrogen) atoms. The molecule has 0 aromatic heterocycles. The van der Waals surface area contributed by atoms with E-state index in [2.05, 4.69) is 37.8 Å². The van der Waals surface area contributed by atoms with Crippen molar-refractivity contribution in [2.24, 2.45) is 0 Å². The molecule has 0 aliphatic carbocycles. The Balaban J connectivity index is 2.14. The minimum atomic E-state index is -4.47. The van der Waals surface area contributed by atoms with Crippen molar-refractivity contribution in [3.63, 3.8) is 0 Å². The normalized spacial score (nSPS) is 14.6. The molecule has 4 rings (SSSR count). The van der Waals surface area contributed by atoms with Crippen molar-refractivity contribution < 1.29 is 7.67 Å². The zero-order valence-corrected chi connectivity index (χ0v) is 18.0. The summed E-state index contributed by atoms with van der Waals surface area (Å²) in [5, 5.41) is 0. The topological polar surface area (TPSA) is 37.4 Å². The van der Waals surface area contributed by atoms with E-state index in [4.69, 9.17) is 0 Å². The molecular weight excluding hydrogens is 401 g/mol. The monoisotopic (exact) mass is 425 g/mol.